The molecule has 0 N–H and O–H groups in total. The quantitative estimate of drug-likeness (QED) is 0.214. The van der Waals surface area contributed by atoms with Crippen LogP contribution in [0.5, 0.6) is 0 Å². The second-order valence-corrected chi connectivity index (χ2v) is 10.6. The molecule has 0 bridgehead atoms. The predicted octanol–water partition coefficient (Wildman–Crippen LogP) is 9.64. The molecule has 0 unspecified atom stereocenters. The minimum Gasteiger partial charge on any atom is -0.309 e. The molecule has 0 spiro atoms. The van der Waals surface area contributed by atoms with Crippen LogP contribution in [0.15, 0.2) is 158 Å². The number of benzene rings is 4. The maximum Gasteiger partial charge on any atom is 0.0899 e. The van der Waals surface area contributed by atoms with E-state index in [0.717, 1.165) is 67.0 Å². The Bertz CT molecular complexity index is 2160. The summed E-state index contributed by atoms with van der Waals surface area (Å²) in [5, 5.41) is 2.32. The van der Waals surface area contributed by atoms with Crippen molar-refractivity contribution in [2.24, 2.45) is 0 Å². The van der Waals surface area contributed by atoms with Gasteiger partial charge in [0.2, 0.25) is 0 Å². The summed E-state index contributed by atoms with van der Waals surface area (Å²) in [6, 6.07) is 48.6. The highest BCUT2D eigenvalue weighted by Crippen LogP contribution is 2.36. The number of pyridine rings is 3. The number of nitrogens with zero attached hydrogens (tertiary/aromatic N) is 4. The van der Waals surface area contributed by atoms with E-state index >= 15 is 0 Å². The van der Waals surface area contributed by atoms with Gasteiger partial charge in [-0.05, 0) is 82.9 Å². The maximum atomic E-state index is 5.00. The van der Waals surface area contributed by atoms with Crippen molar-refractivity contribution in [3.05, 3.63) is 158 Å². The topological polar surface area (TPSA) is 43.6 Å². The minimum absolute atomic E-state index is 0.852. The van der Waals surface area contributed by atoms with Crippen LogP contribution in [0.3, 0.4) is 0 Å². The van der Waals surface area contributed by atoms with Gasteiger partial charge in [-0.1, -0.05) is 78.9 Å². The Kier molecular flexibility index (Phi) is 6.08. The Morgan fingerprint density at radius 1 is 0.419 bits per heavy atom. The Morgan fingerprint density at radius 3 is 1.93 bits per heavy atom. The van der Waals surface area contributed by atoms with Gasteiger partial charge >= 0.3 is 0 Å². The van der Waals surface area contributed by atoms with E-state index in [2.05, 4.69) is 118 Å². The lowest BCUT2D eigenvalue weighted by Crippen LogP contribution is -1.93. The first-order valence-electron chi connectivity index (χ1n) is 14.4. The lowest BCUT2D eigenvalue weighted by molar-refractivity contribution is 1.17. The van der Waals surface area contributed by atoms with E-state index < -0.39 is 0 Å². The first kappa shape index (κ1) is 24.9. The molecule has 0 aliphatic heterocycles. The van der Waals surface area contributed by atoms with E-state index in [4.69, 9.17) is 4.98 Å². The lowest BCUT2D eigenvalue weighted by Gasteiger charge is -2.11. The first-order valence-corrected chi connectivity index (χ1v) is 14.4. The highest BCUT2D eigenvalue weighted by molar-refractivity contribution is 6.10. The summed E-state index contributed by atoms with van der Waals surface area (Å²) in [4.78, 5) is 14.1. The van der Waals surface area contributed by atoms with Crippen LogP contribution in [-0.2, 0) is 0 Å². The smallest absolute Gasteiger partial charge is 0.0899 e. The number of hydrogen-bond acceptors (Lipinski definition) is 3. The molecule has 4 heterocycles. The highest BCUT2D eigenvalue weighted by atomic mass is 15.0. The van der Waals surface area contributed by atoms with Crippen molar-refractivity contribution in [3.8, 4) is 50.6 Å². The molecule has 0 aliphatic carbocycles. The van der Waals surface area contributed by atoms with Crippen LogP contribution in [0.4, 0.5) is 0 Å². The number of aromatic nitrogens is 4. The molecule has 8 aromatic rings. The molecule has 4 aromatic heterocycles. The molecule has 43 heavy (non-hydrogen) atoms. The van der Waals surface area contributed by atoms with Gasteiger partial charge in [0.25, 0.3) is 0 Å². The molecule has 8 rings (SSSR count). The van der Waals surface area contributed by atoms with Crippen molar-refractivity contribution in [1.29, 1.82) is 0 Å². The standard InChI is InChI=1S/C39H26N4/c1-3-10-27(11-4-1)36-24-31(25-37(42-36)35-16-7-8-20-41-35)29-13-9-12-28(22-29)30-17-18-38-33(23-30)34-26-40-21-19-39(34)43(38)32-14-5-2-6-15-32/h1-26H. The minimum atomic E-state index is 0.852. The van der Waals surface area contributed by atoms with Crippen LogP contribution in [-0.4, -0.2) is 19.5 Å². The van der Waals surface area contributed by atoms with Crippen LogP contribution in [0.1, 0.15) is 0 Å². The molecule has 0 saturated heterocycles. The van der Waals surface area contributed by atoms with Gasteiger partial charge in [0.05, 0.1) is 28.1 Å². The van der Waals surface area contributed by atoms with Crippen molar-refractivity contribution in [2.45, 2.75) is 0 Å². The third-order valence-electron chi connectivity index (χ3n) is 7.93. The molecule has 4 heteroatoms. The molecule has 0 aliphatic rings. The number of fused-ring (bicyclic) bond motifs is 3. The third-order valence-corrected chi connectivity index (χ3v) is 7.93. The lowest BCUT2D eigenvalue weighted by atomic mass is 9.96. The van der Waals surface area contributed by atoms with E-state index in [9.17, 15) is 0 Å². The number of hydrogen-bond donors (Lipinski definition) is 0. The van der Waals surface area contributed by atoms with Crippen LogP contribution < -0.4 is 0 Å². The Hall–Kier alpha value is -5.87. The van der Waals surface area contributed by atoms with Crippen LogP contribution in [0.25, 0.3) is 72.4 Å². The molecule has 4 nitrogen and oxygen atoms in total. The van der Waals surface area contributed by atoms with E-state index in [1.165, 1.54) is 5.39 Å². The zero-order chi connectivity index (χ0) is 28.6. The molecule has 0 saturated carbocycles. The molecule has 4 aromatic carbocycles. The summed E-state index contributed by atoms with van der Waals surface area (Å²) in [5.74, 6) is 0. The summed E-state index contributed by atoms with van der Waals surface area (Å²) >= 11 is 0. The van der Waals surface area contributed by atoms with Crippen molar-refractivity contribution in [2.75, 3.05) is 0 Å². The van der Waals surface area contributed by atoms with Gasteiger partial charge in [-0.15, -0.1) is 0 Å². The van der Waals surface area contributed by atoms with Gasteiger partial charge in [0.15, 0.2) is 0 Å². The second kappa shape index (κ2) is 10.5. The van der Waals surface area contributed by atoms with Crippen molar-refractivity contribution in [3.63, 3.8) is 0 Å². The molecular formula is C39H26N4. The predicted molar refractivity (Wildman–Crippen MR) is 176 cm³/mol. The zero-order valence-corrected chi connectivity index (χ0v) is 23.3. The zero-order valence-electron chi connectivity index (χ0n) is 23.3. The largest absolute Gasteiger partial charge is 0.309 e. The van der Waals surface area contributed by atoms with Crippen molar-refractivity contribution in [1.82, 2.24) is 19.5 Å². The summed E-state index contributed by atoms with van der Waals surface area (Å²) in [6.07, 6.45) is 5.65. The number of para-hydroxylation sites is 1. The van der Waals surface area contributed by atoms with Gasteiger partial charge in [-0.3, -0.25) is 9.97 Å². The van der Waals surface area contributed by atoms with Crippen LogP contribution in [0.2, 0.25) is 0 Å². The van der Waals surface area contributed by atoms with Crippen molar-refractivity contribution >= 4 is 21.8 Å². The van der Waals surface area contributed by atoms with Crippen LogP contribution in [0, 0.1) is 0 Å². The Balaban J connectivity index is 1.27. The second-order valence-electron chi connectivity index (χ2n) is 10.6. The molecule has 0 radical (unpaired) electrons. The fourth-order valence-corrected chi connectivity index (χ4v) is 5.88. The summed E-state index contributed by atoms with van der Waals surface area (Å²) < 4.78 is 2.31. The molecular weight excluding hydrogens is 524 g/mol. The van der Waals surface area contributed by atoms with E-state index in [0.29, 0.717) is 0 Å². The molecule has 0 amide bonds. The van der Waals surface area contributed by atoms with Crippen LogP contribution >= 0.6 is 0 Å². The average Bonchev–Trinajstić information content (AvgIpc) is 3.43. The monoisotopic (exact) mass is 550 g/mol. The van der Waals surface area contributed by atoms with E-state index in [1.54, 1.807) is 0 Å². The molecule has 0 fully saturated rings. The van der Waals surface area contributed by atoms with Gasteiger partial charge in [-0.25, -0.2) is 4.98 Å². The van der Waals surface area contributed by atoms with Gasteiger partial charge in [0.1, 0.15) is 0 Å². The van der Waals surface area contributed by atoms with Gasteiger partial charge in [-0.2, -0.15) is 0 Å². The summed E-state index contributed by atoms with van der Waals surface area (Å²) in [6.45, 7) is 0. The summed E-state index contributed by atoms with van der Waals surface area (Å²) in [7, 11) is 0. The Labute approximate surface area is 249 Å². The number of rotatable bonds is 5. The van der Waals surface area contributed by atoms with Crippen molar-refractivity contribution < 1.29 is 0 Å². The normalized spacial score (nSPS) is 11.3. The van der Waals surface area contributed by atoms with E-state index in [-0.39, 0.29) is 0 Å². The fourth-order valence-electron chi connectivity index (χ4n) is 5.88. The van der Waals surface area contributed by atoms with Gasteiger partial charge in [0, 0.05) is 40.6 Å². The maximum absolute atomic E-state index is 5.00. The first-order chi connectivity index (χ1) is 21.3. The third kappa shape index (κ3) is 4.55. The fraction of sp³-hybridized carbons (Fsp3) is 0. The molecule has 202 valence electrons. The Morgan fingerprint density at radius 2 is 1.12 bits per heavy atom. The highest BCUT2D eigenvalue weighted by Gasteiger charge is 2.14. The molecule has 0 atom stereocenters. The average molecular weight is 551 g/mol. The SMILES string of the molecule is c1ccc(-c2cc(-c3cccc(-c4ccc5c(c4)c4cnccc4n5-c4ccccc4)c3)cc(-c3ccccn3)n2)cc1. The van der Waals surface area contributed by atoms with Gasteiger partial charge < -0.3 is 4.57 Å². The summed E-state index contributed by atoms with van der Waals surface area (Å²) in [5.41, 5.74) is 11.7. The van der Waals surface area contributed by atoms with E-state index in [1.807, 2.05) is 55.0 Å².